The molecule has 19 heavy (non-hydrogen) atoms. The zero-order valence-electron chi connectivity index (χ0n) is 11.2. The summed E-state index contributed by atoms with van der Waals surface area (Å²) in [6.45, 7) is 1.83. The van der Waals surface area contributed by atoms with Crippen LogP contribution < -0.4 is 0 Å². The molecule has 0 aliphatic carbocycles. The lowest BCUT2D eigenvalue weighted by molar-refractivity contribution is -0.131. The molecule has 1 aromatic carbocycles. The number of carbonyl (C=O) groups excluding carboxylic acids is 1. The number of hydrogen-bond donors (Lipinski definition) is 1. The highest BCUT2D eigenvalue weighted by Crippen LogP contribution is 2.21. The molecule has 106 valence electrons. The summed E-state index contributed by atoms with van der Waals surface area (Å²) >= 11 is 0. The average molecular weight is 271 g/mol. The van der Waals surface area contributed by atoms with Crippen molar-refractivity contribution in [3.63, 3.8) is 0 Å². The summed E-state index contributed by atoms with van der Waals surface area (Å²) in [6.07, 6.45) is 1.54. The largest absolute Gasteiger partial charge is 0.396 e. The maximum atomic E-state index is 13.1. The molecule has 0 bridgehead atoms. The lowest BCUT2D eigenvalue weighted by Gasteiger charge is -2.25. The van der Waals surface area contributed by atoms with Crippen LogP contribution in [0.1, 0.15) is 37.8 Å². The standard InChI is InChI=1S/C14H19F2NO2/c1-10(11-6-7-12(15)13(16)9-11)17(2)14(19)5-3-4-8-18/h6-7,9-10,18H,3-5,8H2,1-2H3. The molecule has 1 amide bonds. The summed E-state index contributed by atoms with van der Waals surface area (Å²) in [5.41, 5.74) is 0.553. The zero-order chi connectivity index (χ0) is 14.4. The van der Waals surface area contributed by atoms with Crippen LogP contribution in [0, 0.1) is 11.6 Å². The molecule has 0 spiro atoms. The summed E-state index contributed by atoms with van der Waals surface area (Å²) in [5, 5.41) is 8.66. The van der Waals surface area contributed by atoms with Crippen LogP contribution in [0.4, 0.5) is 8.78 Å². The summed E-state index contributed by atoms with van der Waals surface area (Å²) in [4.78, 5) is 13.4. The Bertz CT molecular complexity index is 437. The van der Waals surface area contributed by atoms with Crippen LogP contribution in [0.25, 0.3) is 0 Å². The monoisotopic (exact) mass is 271 g/mol. The van der Waals surface area contributed by atoms with Crippen molar-refractivity contribution in [3.8, 4) is 0 Å². The second kappa shape index (κ2) is 7.19. The molecule has 0 aliphatic heterocycles. The Hall–Kier alpha value is -1.49. The molecule has 1 aromatic rings. The Kier molecular flexibility index (Phi) is 5.89. The Morgan fingerprint density at radius 3 is 2.58 bits per heavy atom. The first kappa shape index (κ1) is 15.6. The van der Waals surface area contributed by atoms with Crippen LogP contribution in [0.15, 0.2) is 18.2 Å². The minimum absolute atomic E-state index is 0.0652. The number of carbonyl (C=O) groups is 1. The molecule has 1 rings (SSSR count). The van der Waals surface area contributed by atoms with E-state index in [0.29, 0.717) is 24.8 Å². The molecule has 0 saturated heterocycles. The molecule has 0 fully saturated rings. The summed E-state index contributed by atoms with van der Waals surface area (Å²) < 4.78 is 26.0. The van der Waals surface area contributed by atoms with Gasteiger partial charge in [-0.15, -0.1) is 0 Å². The number of benzene rings is 1. The van der Waals surface area contributed by atoms with Crippen molar-refractivity contribution in [3.05, 3.63) is 35.4 Å². The third-order valence-electron chi connectivity index (χ3n) is 3.20. The molecule has 1 unspecified atom stereocenters. The Morgan fingerprint density at radius 1 is 1.32 bits per heavy atom. The molecule has 0 aromatic heterocycles. The predicted octanol–water partition coefficient (Wildman–Crippen LogP) is 2.65. The van der Waals surface area contributed by atoms with Gasteiger partial charge in [0.1, 0.15) is 0 Å². The third-order valence-corrected chi connectivity index (χ3v) is 3.20. The quantitative estimate of drug-likeness (QED) is 0.808. The van der Waals surface area contributed by atoms with Gasteiger partial charge in [0.15, 0.2) is 11.6 Å². The fourth-order valence-electron chi connectivity index (χ4n) is 1.78. The summed E-state index contributed by atoms with van der Waals surface area (Å²) in [7, 11) is 1.63. The van der Waals surface area contributed by atoms with E-state index in [9.17, 15) is 13.6 Å². The van der Waals surface area contributed by atoms with Crippen LogP contribution in [-0.2, 0) is 4.79 Å². The van der Waals surface area contributed by atoms with Gasteiger partial charge in [0, 0.05) is 20.1 Å². The lowest BCUT2D eigenvalue weighted by atomic mass is 10.1. The van der Waals surface area contributed by atoms with Gasteiger partial charge in [0.05, 0.1) is 6.04 Å². The second-order valence-corrected chi connectivity index (χ2v) is 4.53. The molecular weight excluding hydrogens is 252 g/mol. The molecule has 3 nitrogen and oxygen atoms in total. The third kappa shape index (κ3) is 4.28. The Labute approximate surface area is 111 Å². The van der Waals surface area contributed by atoms with Gasteiger partial charge in [-0.05, 0) is 37.5 Å². The fourth-order valence-corrected chi connectivity index (χ4v) is 1.78. The van der Waals surface area contributed by atoms with E-state index in [2.05, 4.69) is 0 Å². The van der Waals surface area contributed by atoms with E-state index in [4.69, 9.17) is 5.11 Å². The van der Waals surface area contributed by atoms with E-state index < -0.39 is 11.6 Å². The van der Waals surface area contributed by atoms with Gasteiger partial charge in [0.2, 0.25) is 5.91 Å². The van der Waals surface area contributed by atoms with Gasteiger partial charge in [-0.1, -0.05) is 6.07 Å². The number of aliphatic hydroxyl groups excluding tert-OH is 1. The maximum Gasteiger partial charge on any atom is 0.222 e. The molecular formula is C14H19F2NO2. The van der Waals surface area contributed by atoms with E-state index in [1.54, 1.807) is 14.0 Å². The average Bonchev–Trinajstić information content (AvgIpc) is 2.40. The molecule has 0 saturated carbocycles. The van der Waals surface area contributed by atoms with Crippen molar-refractivity contribution in [2.45, 2.75) is 32.2 Å². The van der Waals surface area contributed by atoms with Crippen LogP contribution in [0.5, 0.6) is 0 Å². The molecule has 5 heteroatoms. The van der Waals surface area contributed by atoms with Crippen LogP contribution in [-0.4, -0.2) is 29.6 Å². The lowest BCUT2D eigenvalue weighted by Crippen LogP contribution is -2.29. The highest BCUT2D eigenvalue weighted by atomic mass is 19.2. The number of halogens is 2. The molecule has 1 N–H and O–H groups in total. The van der Waals surface area contributed by atoms with Gasteiger partial charge < -0.3 is 10.0 Å². The Balaban J connectivity index is 2.67. The van der Waals surface area contributed by atoms with E-state index in [-0.39, 0.29) is 18.6 Å². The first-order chi connectivity index (χ1) is 8.97. The van der Waals surface area contributed by atoms with Gasteiger partial charge >= 0.3 is 0 Å². The smallest absolute Gasteiger partial charge is 0.222 e. The van der Waals surface area contributed by atoms with Crippen LogP contribution >= 0.6 is 0 Å². The van der Waals surface area contributed by atoms with Crippen LogP contribution in [0.2, 0.25) is 0 Å². The van der Waals surface area contributed by atoms with Gasteiger partial charge in [-0.2, -0.15) is 0 Å². The molecule has 0 aliphatic rings. The number of rotatable bonds is 6. The van der Waals surface area contributed by atoms with Crippen molar-refractivity contribution in [1.82, 2.24) is 4.90 Å². The minimum atomic E-state index is -0.912. The SMILES string of the molecule is CC(c1ccc(F)c(F)c1)N(C)C(=O)CCCCO. The van der Waals surface area contributed by atoms with Crippen molar-refractivity contribution in [2.75, 3.05) is 13.7 Å². The Morgan fingerprint density at radius 2 is 2.00 bits per heavy atom. The second-order valence-electron chi connectivity index (χ2n) is 4.53. The highest BCUT2D eigenvalue weighted by molar-refractivity contribution is 5.76. The van der Waals surface area contributed by atoms with Crippen molar-refractivity contribution < 1.29 is 18.7 Å². The van der Waals surface area contributed by atoms with Gasteiger partial charge in [-0.3, -0.25) is 4.79 Å². The van der Waals surface area contributed by atoms with E-state index >= 15 is 0 Å². The first-order valence-electron chi connectivity index (χ1n) is 6.28. The molecule has 1 atom stereocenters. The fraction of sp³-hybridized carbons (Fsp3) is 0.500. The van der Waals surface area contributed by atoms with Crippen molar-refractivity contribution in [2.24, 2.45) is 0 Å². The van der Waals surface area contributed by atoms with E-state index in [1.807, 2.05) is 0 Å². The van der Waals surface area contributed by atoms with Crippen LogP contribution in [0.3, 0.4) is 0 Å². The van der Waals surface area contributed by atoms with Crippen molar-refractivity contribution in [1.29, 1.82) is 0 Å². The number of nitrogens with zero attached hydrogens (tertiary/aromatic N) is 1. The molecule has 0 radical (unpaired) electrons. The highest BCUT2D eigenvalue weighted by Gasteiger charge is 2.18. The maximum absolute atomic E-state index is 13.1. The summed E-state index contributed by atoms with van der Waals surface area (Å²) in [5.74, 6) is -1.89. The number of hydrogen-bond acceptors (Lipinski definition) is 2. The predicted molar refractivity (Wildman–Crippen MR) is 68.5 cm³/mol. The van der Waals surface area contributed by atoms with Gasteiger partial charge in [0.25, 0.3) is 0 Å². The van der Waals surface area contributed by atoms with Gasteiger partial charge in [-0.25, -0.2) is 8.78 Å². The van der Waals surface area contributed by atoms with Crippen molar-refractivity contribution >= 4 is 5.91 Å². The number of aliphatic hydroxyl groups is 1. The van der Waals surface area contributed by atoms with E-state index in [0.717, 1.165) is 12.1 Å². The first-order valence-corrected chi connectivity index (χ1v) is 6.28. The molecule has 0 heterocycles. The zero-order valence-corrected chi connectivity index (χ0v) is 11.2. The normalized spacial score (nSPS) is 12.3. The van der Waals surface area contributed by atoms with E-state index in [1.165, 1.54) is 11.0 Å². The minimum Gasteiger partial charge on any atom is -0.396 e. The number of amides is 1. The number of unbranched alkanes of at least 4 members (excludes halogenated alkanes) is 1. The topological polar surface area (TPSA) is 40.5 Å². The summed E-state index contributed by atoms with van der Waals surface area (Å²) in [6, 6.07) is 3.32.